The minimum Gasteiger partial charge on any atom is -0.337 e. The van der Waals surface area contributed by atoms with Crippen LogP contribution < -0.4 is 0 Å². The maximum Gasteiger partial charge on any atom is 0.123 e. The van der Waals surface area contributed by atoms with Gasteiger partial charge in [-0.25, -0.2) is 4.39 Å². The molecule has 0 fully saturated rings. The van der Waals surface area contributed by atoms with Crippen LogP contribution in [0.4, 0.5) is 4.39 Å². The standard InChI is InChI=1S/C12H11FN2/c1-14-6-5-9-10-7-8(13)3-4-11(10)15(2)12(9)14/h3-7H,1-2H3. The van der Waals surface area contributed by atoms with Crippen molar-refractivity contribution in [2.24, 2.45) is 14.1 Å². The van der Waals surface area contributed by atoms with Crippen LogP contribution in [-0.2, 0) is 14.1 Å². The van der Waals surface area contributed by atoms with E-state index in [0.29, 0.717) is 0 Å². The molecule has 0 unspecified atom stereocenters. The summed E-state index contributed by atoms with van der Waals surface area (Å²) in [5.74, 6) is -0.182. The van der Waals surface area contributed by atoms with Crippen LogP contribution in [0.15, 0.2) is 30.5 Å². The number of aryl methyl sites for hydroxylation is 2. The molecule has 0 saturated heterocycles. The van der Waals surface area contributed by atoms with E-state index < -0.39 is 0 Å². The van der Waals surface area contributed by atoms with E-state index in [0.717, 1.165) is 21.9 Å². The predicted molar refractivity (Wildman–Crippen MR) is 59.4 cm³/mol. The molecule has 0 aliphatic rings. The van der Waals surface area contributed by atoms with Gasteiger partial charge in [0, 0.05) is 31.1 Å². The highest BCUT2D eigenvalue weighted by molar-refractivity contribution is 6.07. The molecule has 2 aromatic heterocycles. The van der Waals surface area contributed by atoms with Crippen molar-refractivity contribution in [3.8, 4) is 0 Å². The summed E-state index contributed by atoms with van der Waals surface area (Å²) >= 11 is 0. The van der Waals surface area contributed by atoms with Gasteiger partial charge in [-0.3, -0.25) is 0 Å². The average molecular weight is 202 g/mol. The van der Waals surface area contributed by atoms with E-state index in [9.17, 15) is 4.39 Å². The van der Waals surface area contributed by atoms with E-state index >= 15 is 0 Å². The Morgan fingerprint density at radius 1 is 1.07 bits per heavy atom. The number of hydrogen-bond acceptors (Lipinski definition) is 0. The van der Waals surface area contributed by atoms with Crippen LogP contribution in [0, 0.1) is 5.82 Å². The summed E-state index contributed by atoms with van der Waals surface area (Å²) in [6.45, 7) is 0. The van der Waals surface area contributed by atoms with E-state index in [2.05, 4.69) is 4.57 Å². The Labute approximate surface area is 86.5 Å². The lowest BCUT2D eigenvalue weighted by atomic mass is 10.2. The topological polar surface area (TPSA) is 9.86 Å². The van der Waals surface area contributed by atoms with Gasteiger partial charge in [0.1, 0.15) is 11.5 Å². The summed E-state index contributed by atoms with van der Waals surface area (Å²) in [6, 6.07) is 6.95. The minimum absolute atomic E-state index is 0.182. The molecule has 0 radical (unpaired) electrons. The Bertz CT molecular complexity index is 661. The van der Waals surface area contributed by atoms with E-state index in [1.807, 2.05) is 37.0 Å². The highest BCUT2D eigenvalue weighted by Gasteiger charge is 2.10. The number of benzene rings is 1. The summed E-state index contributed by atoms with van der Waals surface area (Å²) in [5.41, 5.74) is 2.19. The molecule has 15 heavy (non-hydrogen) atoms. The first-order valence-corrected chi connectivity index (χ1v) is 4.87. The first-order chi connectivity index (χ1) is 7.18. The summed E-state index contributed by atoms with van der Waals surface area (Å²) in [4.78, 5) is 0. The third-order valence-corrected chi connectivity index (χ3v) is 2.97. The normalized spacial score (nSPS) is 11.7. The first kappa shape index (κ1) is 8.53. The number of rotatable bonds is 0. The molecule has 2 heterocycles. The molecule has 3 heteroatoms. The second kappa shape index (κ2) is 2.63. The largest absolute Gasteiger partial charge is 0.337 e. The Morgan fingerprint density at radius 2 is 1.87 bits per heavy atom. The van der Waals surface area contributed by atoms with Crippen LogP contribution in [0.3, 0.4) is 0 Å². The summed E-state index contributed by atoms with van der Waals surface area (Å²) in [6.07, 6.45) is 2.00. The molecule has 0 amide bonds. The second-order valence-electron chi connectivity index (χ2n) is 3.88. The van der Waals surface area contributed by atoms with Crippen LogP contribution >= 0.6 is 0 Å². The SMILES string of the molecule is Cn1ccc2c3cc(F)ccc3n(C)c21. The maximum absolute atomic E-state index is 13.2. The molecule has 0 aliphatic heterocycles. The smallest absolute Gasteiger partial charge is 0.123 e. The molecule has 0 spiro atoms. The van der Waals surface area contributed by atoms with E-state index in [1.54, 1.807) is 6.07 Å². The number of fused-ring (bicyclic) bond motifs is 3. The van der Waals surface area contributed by atoms with Crippen molar-refractivity contribution in [3.05, 3.63) is 36.3 Å². The molecule has 3 rings (SSSR count). The van der Waals surface area contributed by atoms with Gasteiger partial charge in [0.05, 0.1) is 5.52 Å². The molecule has 1 aromatic carbocycles. The number of halogens is 1. The fourth-order valence-corrected chi connectivity index (χ4v) is 2.28. The molecule has 0 N–H and O–H groups in total. The lowest BCUT2D eigenvalue weighted by molar-refractivity contribution is 0.629. The van der Waals surface area contributed by atoms with E-state index in [-0.39, 0.29) is 5.82 Å². The highest BCUT2D eigenvalue weighted by Crippen LogP contribution is 2.28. The zero-order valence-electron chi connectivity index (χ0n) is 8.66. The number of aromatic nitrogens is 2. The van der Waals surface area contributed by atoms with Crippen molar-refractivity contribution in [3.63, 3.8) is 0 Å². The van der Waals surface area contributed by atoms with Crippen molar-refractivity contribution in [1.82, 2.24) is 9.13 Å². The van der Waals surface area contributed by atoms with Crippen LogP contribution in [-0.4, -0.2) is 9.13 Å². The zero-order chi connectivity index (χ0) is 10.6. The first-order valence-electron chi connectivity index (χ1n) is 4.87. The monoisotopic (exact) mass is 202 g/mol. The molecule has 0 bridgehead atoms. The third kappa shape index (κ3) is 0.975. The Kier molecular flexibility index (Phi) is 1.49. The molecule has 0 aliphatic carbocycles. The van der Waals surface area contributed by atoms with Gasteiger partial charge < -0.3 is 9.13 Å². The quantitative estimate of drug-likeness (QED) is 0.530. The molecule has 0 atom stereocenters. The molecule has 2 nitrogen and oxygen atoms in total. The molecule has 0 saturated carbocycles. The lowest BCUT2D eigenvalue weighted by Gasteiger charge is -1.99. The number of hydrogen-bond donors (Lipinski definition) is 0. The van der Waals surface area contributed by atoms with Crippen LogP contribution in [0.2, 0.25) is 0 Å². The van der Waals surface area contributed by atoms with Gasteiger partial charge in [-0.2, -0.15) is 0 Å². The van der Waals surface area contributed by atoms with Gasteiger partial charge in [0.25, 0.3) is 0 Å². The number of nitrogens with zero attached hydrogens (tertiary/aromatic N) is 2. The highest BCUT2D eigenvalue weighted by atomic mass is 19.1. The van der Waals surface area contributed by atoms with E-state index in [4.69, 9.17) is 0 Å². The molecule has 3 aromatic rings. The third-order valence-electron chi connectivity index (χ3n) is 2.97. The van der Waals surface area contributed by atoms with Gasteiger partial charge in [-0.15, -0.1) is 0 Å². The second-order valence-corrected chi connectivity index (χ2v) is 3.88. The Morgan fingerprint density at radius 3 is 2.67 bits per heavy atom. The fourth-order valence-electron chi connectivity index (χ4n) is 2.28. The average Bonchev–Trinajstić information content (AvgIpc) is 2.70. The zero-order valence-corrected chi connectivity index (χ0v) is 8.66. The Hall–Kier alpha value is -1.77. The van der Waals surface area contributed by atoms with Crippen LogP contribution in [0.5, 0.6) is 0 Å². The van der Waals surface area contributed by atoms with Crippen molar-refractivity contribution in [1.29, 1.82) is 0 Å². The van der Waals surface area contributed by atoms with E-state index in [1.165, 1.54) is 6.07 Å². The summed E-state index contributed by atoms with van der Waals surface area (Å²) < 4.78 is 17.3. The Balaban J connectivity index is 2.64. The van der Waals surface area contributed by atoms with Gasteiger partial charge >= 0.3 is 0 Å². The van der Waals surface area contributed by atoms with Gasteiger partial charge in [0.2, 0.25) is 0 Å². The van der Waals surface area contributed by atoms with Crippen molar-refractivity contribution in [2.75, 3.05) is 0 Å². The van der Waals surface area contributed by atoms with Crippen molar-refractivity contribution >= 4 is 21.9 Å². The van der Waals surface area contributed by atoms with Gasteiger partial charge in [0.15, 0.2) is 0 Å². The fraction of sp³-hybridized carbons (Fsp3) is 0.167. The van der Waals surface area contributed by atoms with Crippen LogP contribution in [0.25, 0.3) is 21.9 Å². The van der Waals surface area contributed by atoms with Gasteiger partial charge in [-0.1, -0.05) is 0 Å². The molecular formula is C12H11FN2. The minimum atomic E-state index is -0.182. The summed E-state index contributed by atoms with van der Waals surface area (Å²) in [5, 5.41) is 2.09. The van der Waals surface area contributed by atoms with Crippen molar-refractivity contribution in [2.45, 2.75) is 0 Å². The van der Waals surface area contributed by atoms with Crippen molar-refractivity contribution < 1.29 is 4.39 Å². The predicted octanol–water partition coefficient (Wildman–Crippen LogP) is 2.81. The summed E-state index contributed by atoms with van der Waals surface area (Å²) in [7, 11) is 4.00. The van der Waals surface area contributed by atoms with Gasteiger partial charge in [-0.05, 0) is 24.3 Å². The maximum atomic E-state index is 13.2. The molecular weight excluding hydrogens is 191 g/mol. The lowest BCUT2D eigenvalue weighted by Crippen LogP contribution is -1.93. The van der Waals surface area contributed by atoms with Crippen LogP contribution in [0.1, 0.15) is 0 Å². The molecule has 76 valence electrons.